The fraction of sp³-hybridized carbons (Fsp3) is 0.648. The van der Waals surface area contributed by atoms with Crippen molar-refractivity contribution in [1.82, 2.24) is 20.2 Å². The van der Waals surface area contributed by atoms with Crippen molar-refractivity contribution in [3.8, 4) is 5.75 Å². The van der Waals surface area contributed by atoms with Gasteiger partial charge in [0.05, 0.1) is 36.5 Å². The minimum Gasteiger partial charge on any atom is -0.495 e. The van der Waals surface area contributed by atoms with E-state index in [4.69, 9.17) is 40.1 Å². The number of methoxy groups -OCH3 is 2. The molecule has 4 bridgehead atoms. The minimum absolute atomic E-state index is 0.00150. The minimum atomic E-state index is -1.89. The number of esters is 1. The molecule has 6 aliphatic rings. The Balaban J connectivity index is 0.990. The zero-order chi connectivity index (χ0) is 56.5. The number of likely N-dealkylation sites (N-methyl/N-ethyl adjacent to an activating group) is 1. The molecule has 77 heavy (non-hydrogen) atoms. The summed E-state index contributed by atoms with van der Waals surface area (Å²) in [5.41, 5.74) is -1.21. The van der Waals surface area contributed by atoms with Gasteiger partial charge in [0.2, 0.25) is 23.6 Å². The van der Waals surface area contributed by atoms with Crippen LogP contribution in [0, 0.1) is 17.8 Å². The number of fused-ring (bicyclic) bond motifs is 5. The van der Waals surface area contributed by atoms with E-state index in [0.29, 0.717) is 48.6 Å². The highest BCUT2D eigenvalue weighted by Crippen LogP contribution is 2.49. The van der Waals surface area contributed by atoms with Crippen molar-refractivity contribution in [3.63, 3.8) is 0 Å². The van der Waals surface area contributed by atoms with Gasteiger partial charge in [0.1, 0.15) is 40.7 Å². The van der Waals surface area contributed by atoms with Crippen LogP contribution in [0.4, 0.5) is 10.5 Å². The van der Waals surface area contributed by atoms with Crippen LogP contribution < -0.4 is 15.0 Å². The van der Waals surface area contributed by atoms with Gasteiger partial charge in [-0.2, -0.15) is 0 Å². The number of alkyl carbamates (subject to hydrolysis) is 1. The van der Waals surface area contributed by atoms with E-state index in [9.17, 15) is 48.3 Å². The number of epoxide rings is 1. The van der Waals surface area contributed by atoms with Crippen LogP contribution in [-0.2, 0) is 68.6 Å². The highest BCUT2D eigenvalue weighted by atomic mass is 35.5. The number of hydrogen-bond acceptors (Lipinski definition) is 17. The van der Waals surface area contributed by atoms with E-state index in [0.717, 1.165) is 11.1 Å². The molecular formula is C54H72ClN5O16S. The molecule has 7 rings (SSSR count). The summed E-state index contributed by atoms with van der Waals surface area (Å²) in [6.45, 7) is 10.8. The number of halogens is 1. The van der Waals surface area contributed by atoms with Gasteiger partial charge in [-0.1, -0.05) is 56.2 Å². The number of carbonyl (C=O) groups is 9. The summed E-state index contributed by atoms with van der Waals surface area (Å²) >= 11 is 8.14. The average Bonchev–Trinajstić information content (AvgIpc) is 3.99. The first kappa shape index (κ1) is 59.1. The normalized spacial score (nSPS) is 30.5. The first-order chi connectivity index (χ1) is 36.2. The molecule has 1 saturated carbocycles. The maximum atomic E-state index is 14.4. The summed E-state index contributed by atoms with van der Waals surface area (Å²) in [4.78, 5) is 128. The van der Waals surface area contributed by atoms with E-state index in [-0.39, 0.29) is 67.8 Å². The quantitative estimate of drug-likeness (QED) is 0.135. The second-order valence-electron chi connectivity index (χ2n) is 22.0. The van der Waals surface area contributed by atoms with E-state index >= 15 is 0 Å². The molecule has 23 heteroatoms. The standard InChI is InChI=1S/C54H72ClN5O16S/c1-29-12-11-13-39(72-10)54(70)27-37(73-51(69)56-54)30(2)47-53(6,75-47)40(26-44(64)58(8)35-23-33(22-29)24-36(71-9)46(35)55)74-49(67)31(3)57(7)41(61)20-21-52(4,5)77-38-25-45(65)59(48(38)66)28-32-14-16-34(17-15-32)50(68)76-60-42(62)18-19-43(60)63/h11-13,23-24,30-32,34,37-40,47,70H,14-22,25-28H2,1-10H3,(H,56,69)/t30-,31+,32?,34?,37+,38?,39-,40+,47+,53+,54+/m1/s1. The summed E-state index contributed by atoms with van der Waals surface area (Å²) in [5, 5.41) is 14.4. The lowest BCUT2D eigenvalue weighted by Crippen LogP contribution is -2.63. The molecule has 5 aliphatic heterocycles. The van der Waals surface area contributed by atoms with Crippen LogP contribution in [0.2, 0.25) is 5.02 Å². The smallest absolute Gasteiger partial charge is 0.409 e. The fourth-order valence-electron chi connectivity index (χ4n) is 10.8. The fourth-order valence-corrected chi connectivity index (χ4v) is 12.6. The number of hydrogen-bond donors (Lipinski definition) is 2. The second-order valence-corrected chi connectivity index (χ2v) is 24.3. The van der Waals surface area contributed by atoms with Gasteiger partial charge in [-0.25, -0.2) is 14.4 Å². The lowest BCUT2D eigenvalue weighted by Gasteiger charge is -2.42. The van der Waals surface area contributed by atoms with Gasteiger partial charge < -0.3 is 43.4 Å². The van der Waals surface area contributed by atoms with Gasteiger partial charge in [-0.15, -0.1) is 16.8 Å². The third kappa shape index (κ3) is 13.3. The van der Waals surface area contributed by atoms with Crippen LogP contribution in [0.5, 0.6) is 5.75 Å². The van der Waals surface area contributed by atoms with Gasteiger partial charge in [0, 0.05) is 70.5 Å². The van der Waals surface area contributed by atoms with Crippen molar-refractivity contribution in [2.75, 3.05) is 39.8 Å². The molecule has 0 radical (unpaired) electrons. The number of benzene rings is 1. The molecule has 1 aromatic carbocycles. The summed E-state index contributed by atoms with van der Waals surface area (Å²) in [7, 11) is 5.89. The molecule has 0 aromatic heterocycles. The molecule has 9 atom stereocenters. The molecule has 5 fully saturated rings. The maximum absolute atomic E-state index is 14.4. The topological polar surface area (TPSA) is 258 Å². The van der Waals surface area contributed by atoms with Crippen LogP contribution in [0.1, 0.15) is 118 Å². The van der Waals surface area contributed by atoms with Crippen molar-refractivity contribution in [2.45, 2.75) is 170 Å². The number of hydroxylamine groups is 2. The number of carbonyl (C=O) groups excluding carboxylic acids is 9. The van der Waals surface area contributed by atoms with Crippen molar-refractivity contribution >= 4 is 82.5 Å². The summed E-state index contributed by atoms with van der Waals surface area (Å²) < 4.78 is 28.9. The van der Waals surface area contributed by atoms with Gasteiger partial charge in [0.15, 0.2) is 5.72 Å². The third-order valence-electron chi connectivity index (χ3n) is 15.9. The Morgan fingerprint density at radius 3 is 2.34 bits per heavy atom. The molecular weight excluding hydrogens is 1040 g/mol. The summed E-state index contributed by atoms with van der Waals surface area (Å²) in [6, 6.07) is 2.39. The Hall–Kier alpha value is -5.55. The molecule has 7 amide bonds. The number of ether oxygens (including phenoxy) is 5. The summed E-state index contributed by atoms with van der Waals surface area (Å²) in [5.74, 6) is -4.90. The lowest BCUT2D eigenvalue weighted by molar-refractivity contribution is -0.201. The van der Waals surface area contributed by atoms with Crippen molar-refractivity contribution in [3.05, 3.63) is 46.5 Å². The number of rotatable bonds is 14. The van der Waals surface area contributed by atoms with Crippen molar-refractivity contribution in [1.29, 1.82) is 0 Å². The molecule has 0 spiro atoms. The molecule has 2 N–H and O–H groups in total. The molecule has 1 aromatic rings. The largest absolute Gasteiger partial charge is 0.495 e. The number of likely N-dealkylation sites (tertiary alicyclic amines) is 1. The van der Waals surface area contributed by atoms with Crippen molar-refractivity contribution < 1.29 is 76.8 Å². The zero-order valence-corrected chi connectivity index (χ0v) is 47.0. The number of allylic oxidation sites excluding steroid dienone is 3. The SMILES string of the molecule is COc1cc2cc(c1Cl)N(C)C(=O)C[C@H](OC(=O)[C@H](C)N(C)C(=O)CCC(C)(C)SC1CC(=O)N(CC3CCC(C(=O)ON4C(=O)CCC4=O)CC3)C1=O)[C@]1(C)O[C@H]1[C@H](C)[C@@H]1C[C@@](O)(NC(=O)O1)[C@H](OC)C=CC=C(C)C2. The first-order valence-corrected chi connectivity index (χ1v) is 27.4. The molecule has 21 nitrogen and oxygen atoms in total. The Labute approximate surface area is 457 Å². The predicted octanol–water partition coefficient (Wildman–Crippen LogP) is 5.35. The van der Waals surface area contributed by atoms with Gasteiger partial charge in [-0.3, -0.25) is 39.0 Å². The Morgan fingerprint density at radius 1 is 1.01 bits per heavy atom. The maximum Gasteiger partial charge on any atom is 0.409 e. The summed E-state index contributed by atoms with van der Waals surface area (Å²) in [6.07, 6.45) is 2.52. The Kier molecular flexibility index (Phi) is 18.3. The average molecular weight is 1110 g/mol. The molecule has 5 heterocycles. The monoisotopic (exact) mass is 1110 g/mol. The molecule has 4 saturated heterocycles. The van der Waals surface area contributed by atoms with E-state index in [2.05, 4.69) is 5.32 Å². The number of nitrogens with zero attached hydrogens (tertiary/aromatic N) is 4. The van der Waals surface area contributed by atoms with Crippen LogP contribution in [0.25, 0.3) is 0 Å². The molecule has 422 valence electrons. The van der Waals surface area contributed by atoms with Gasteiger partial charge in [-0.05, 0) is 82.9 Å². The number of nitrogens with one attached hydrogen (secondary N) is 1. The van der Waals surface area contributed by atoms with Crippen LogP contribution in [0.15, 0.2) is 35.9 Å². The number of aliphatic hydroxyl groups is 1. The van der Waals surface area contributed by atoms with Gasteiger partial charge >= 0.3 is 18.0 Å². The van der Waals surface area contributed by atoms with Crippen LogP contribution >= 0.6 is 23.4 Å². The highest BCUT2D eigenvalue weighted by Gasteiger charge is 2.64. The van der Waals surface area contributed by atoms with Crippen molar-refractivity contribution in [2.24, 2.45) is 17.8 Å². The van der Waals surface area contributed by atoms with E-state index in [1.807, 2.05) is 26.8 Å². The van der Waals surface area contributed by atoms with Gasteiger partial charge in [0.25, 0.3) is 11.8 Å². The van der Waals surface area contributed by atoms with Crippen LogP contribution in [-0.4, -0.2) is 160 Å². The van der Waals surface area contributed by atoms with Crippen LogP contribution in [0.3, 0.4) is 0 Å². The second kappa shape index (κ2) is 23.8. The molecule has 1 aliphatic carbocycles. The lowest BCUT2D eigenvalue weighted by atomic mass is 9.82. The van der Waals surface area contributed by atoms with E-state index < -0.39 is 112 Å². The number of imide groups is 2. The van der Waals surface area contributed by atoms with E-state index in [1.165, 1.54) is 54.7 Å². The Morgan fingerprint density at radius 2 is 1.69 bits per heavy atom. The third-order valence-corrected chi connectivity index (χ3v) is 17.8. The zero-order valence-electron chi connectivity index (χ0n) is 45.4. The number of amides is 7. The van der Waals surface area contributed by atoms with E-state index in [1.54, 1.807) is 45.2 Å². The number of thioether (sulfide) groups is 1. The highest BCUT2D eigenvalue weighted by molar-refractivity contribution is 8.02. The first-order valence-electron chi connectivity index (χ1n) is 26.1. The Bertz CT molecular complexity index is 2570. The predicted molar refractivity (Wildman–Crippen MR) is 280 cm³/mol. The number of anilines is 1. The molecule has 1 unspecified atom stereocenters.